The molecule has 0 saturated carbocycles. The van der Waals surface area contributed by atoms with Gasteiger partial charge in [-0.2, -0.15) is 0 Å². The van der Waals surface area contributed by atoms with Gasteiger partial charge in [-0.05, 0) is 31.0 Å². The van der Waals surface area contributed by atoms with Crippen LogP contribution in [-0.2, 0) is 10.0 Å². The van der Waals surface area contributed by atoms with Crippen LogP contribution < -0.4 is 15.8 Å². The predicted octanol–water partition coefficient (Wildman–Crippen LogP) is 1.87. The lowest BCUT2D eigenvalue weighted by molar-refractivity contribution is 0.0895. The molecular formula is C14H23ClFN3O3S. The molecule has 0 heterocycles. The fourth-order valence-electron chi connectivity index (χ4n) is 2.02. The first-order valence-electron chi connectivity index (χ1n) is 6.96. The second-order valence-electron chi connectivity index (χ2n) is 5.21. The molecule has 1 aromatic carbocycles. The van der Waals surface area contributed by atoms with Gasteiger partial charge in [0.05, 0.1) is 17.5 Å². The Morgan fingerprint density at radius 3 is 2.30 bits per heavy atom. The van der Waals surface area contributed by atoms with Crippen molar-refractivity contribution >= 4 is 34.0 Å². The SMILES string of the molecule is CCC(CC)(CN)NC(=O)c1ccc(F)c(NS(C)(=O)=O)c1.Cl. The van der Waals surface area contributed by atoms with E-state index in [0.29, 0.717) is 12.8 Å². The maximum Gasteiger partial charge on any atom is 0.251 e. The lowest BCUT2D eigenvalue weighted by Gasteiger charge is -2.31. The van der Waals surface area contributed by atoms with Crippen molar-refractivity contribution in [2.24, 2.45) is 5.73 Å². The van der Waals surface area contributed by atoms with Crippen molar-refractivity contribution in [2.75, 3.05) is 17.5 Å². The van der Waals surface area contributed by atoms with Crippen molar-refractivity contribution in [2.45, 2.75) is 32.2 Å². The topological polar surface area (TPSA) is 101 Å². The average molecular weight is 368 g/mol. The Morgan fingerprint density at radius 2 is 1.87 bits per heavy atom. The van der Waals surface area contributed by atoms with E-state index in [-0.39, 0.29) is 30.2 Å². The van der Waals surface area contributed by atoms with Gasteiger partial charge in [0.15, 0.2) is 0 Å². The Morgan fingerprint density at radius 1 is 1.30 bits per heavy atom. The number of amides is 1. The fraction of sp³-hybridized carbons (Fsp3) is 0.500. The molecule has 23 heavy (non-hydrogen) atoms. The maximum atomic E-state index is 13.6. The van der Waals surface area contributed by atoms with Gasteiger partial charge in [0.25, 0.3) is 5.91 Å². The van der Waals surface area contributed by atoms with Crippen molar-refractivity contribution in [1.29, 1.82) is 0 Å². The van der Waals surface area contributed by atoms with E-state index in [0.717, 1.165) is 18.4 Å². The Hall–Kier alpha value is -1.38. The highest BCUT2D eigenvalue weighted by atomic mass is 35.5. The number of anilines is 1. The number of hydrogen-bond acceptors (Lipinski definition) is 4. The van der Waals surface area contributed by atoms with Crippen LogP contribution in [-0.4, -0.2) is 32.7 Å². The molecule has 0 aliphatic carbocycles. The van der Waals surface area contributed by atoms with Gasteiger partial charge in [0.1, 0.15) is 5.82 Å². The number of hydrogen-bond donors (Lipinski definition) is 3. The van der Waals surface area contributed by atoms with E-state index in [2.05, 4.69) is 5.32 Å². The van der Waals surface area contributed by atoms with Gasteiger partial charge < -0.3 is 11.1 Å². The first-order valence-corrected chi connectivity index (χ1v) is 8.85. The van der Waals surface area contributed by atoms with E-state index >= 15 is 0 Å². The highest BCUT2D eigenvalue weighted by Crippen LogP contribution is 2.19. The van der Waals surface area contributed by atoms with Crippen LogP contribution >= 0.6 is 12.4 Å². The van der Waals surface area contributed by atoms with Crippen LogP contribution in [0.3, 0.4) is 0 Å². The number of benzene rings is 1. The van der Waals surface area contributed by atoms with Crippen LogP contribution in [0.15, 0.2) is 18.2 Å². The van der Waals surface area contributed by atoms with Crippen molar-refractivity contribution in [3.05, 3.63) is 29.6 Å². The van der Waals surface area contributed by atoms with Gasteiger partial charge in [-0.25, -0.2) is 12.8 Å². The van der Waals surface area contributed by atoms with Crippen LogP contribution in [0.25, 0.3) is 0 Å². The Kier molecular flexibility index (Phi) is 7.96. The van der Waals surface area contributed by atoms with Crippen molar-refractivity contribution < 1.29 is 17.6 Å². The number of carbonyl (C=O) groups is 1. The largest absolute Gasteiger partial charge is 0.345 e. The molecule has 9 heteroatoms. The minimum absolute atomic E-state index is 0. The van der Waals surface area contributed by atoms with Crippen molar-refractivity contribution in [1.82, 2.24) is 5.32 Å². The zero-order valence-corrected chi connectivity index (χ0v) is 15.0. The van der Waals surface area contributed by atoms with Crippen molar-refractivity contribution in [3.8, 4) is 0 Å². The third-order valence-electron chi connectivity index (χ3n) is 3.65. The number of nitrogens with one attached hydrogen (secondary N) is 2. The van der Waals surface area contributed by atoms with Crippen LogP contribution in [0.2, 0.25) is 0 Å². The van der Waals surface area contributed by atoms with Gasteiger partial charge >= 0.3 is 0 Å². The second-order valence-corrected chi connectivity index (χ2v) is 6.96. The summed E-state index contributed by atoms with van der Waals surface area (Å²) in [6, 6.07) is 3.51. The minimum Gasteiger partial charge on any atom is -0.345 e. The molecule has 0 radical (unpaired) electrons. The van der Waals surface area contributed by atoms with E-state index in [9.17, 15) is 17.6 Å². The van der Waals surface area contributed by atoms with Gasteiger partial charge in [-0.1, -0.05) is 13.8 Å². The van der Waals surface area contributed by atoms with E-state index < -0.39 is 27.3 Å². The van der Waals surface area contributed by atoms with Crippen LogP contribution in [0.4, 0.5) is 10.1 Å². The second kappa shape index (κ2) is 8.47. The number of rotatable bonds is 7. The summed E-state index contributed by atoms with van der Waals surface area (Å²) in [5.41, 5.74) is 5.09. The van der Waals surface area contributed by atoms with Gasteiger partial charge in [0.2, 0.25) is 10.0 Å². The minimum atomic E-state index is -3.63. The molecule has 0 saturated heterocycles. The molecule has 4 N–H and O–H groups in total. The molecule has 0 spiro atoms. The third kappa shape index (κ3) is 5.96. The standard InChI is InChI=1S/C14H22FN3O3S.ClH/c1-4-14(5-2,9-16)17-13(19)10-6-7-11(15)12(8-10)18-22(3,20)21;/h6-8,18H,4-5,9,16H2,1-3H3,(H,17,19);1H. The smallest absolute Gasteiger partial charge is 0.251 e. The lowest BCUT2D eigenvalue weighted by Crippen LogP contribution is -2.52. The highest BCUT2D eigenvalue weighted by molar-refractivity contribution is 7.92. The van der Waals surface area contributed by atoms with E-state index in [1.165, 1.54) is 6.07 Å². The summed E-state index contributed by atoms with van der Waals surface area (Å²) in [5.74, 6) is -1.18. The molecule has 0 aliphatic heterocycles. The molecule has 0 aliphatic rings. The third-order valence-corrected chi connectivity index (χ3v) is 4.24. The highest BCUT2D eigenvalue weighted by Gasteiger charge is 2.27. The Bertz CT molecular complexity index is 640. The summed E-state index contributed by atoms with van der Waals surface area (Å²) < 4.78 is 38.1. The molecule has 0 unspecified atom stereocenters. The van der Waals surface area contributed by atoms with E-state index in [1.54, 1.807) is 0 Å². The quantitative estimate of drug-likeness (QED) is 0.684. The number of sulfonamides is 1. The summed E-state index contributed by atoms with van der Waals surface area (Å²) in [4.78, 5) is 12.3. The zero-order valence-electron chi connectivity index (χ0n) is 13.3. The number of nitrogens with two attached hydrogens (primary N) is 1. The van der Waals surface area contributed by atoms with Crippen LogP contribution in [0.1, 0.15) is 37.0 Å². The monoisotopic (exact) mass is 367 g/mol. The predicted molar refractivity (Wildman–Crippen MR) is 91.9 cm³/mol. The molecule has 1 amide bonds. The van der Waals surface area contributed by atoms with E-state index in [4.69, 9.17) is 5.73 Å². The summed E-state index contributed by atoms with van der Waals surface area (Å²) in [6.45, 7) is 4.11. The first-order chi connectivity index (χ1) is 10.2. The summed E-state index contributed by atoms with van der Waals surface area (Å²) in [5, 5.41) is 2.84. The maximum absolute atomic E-state index is 13.6. The molecule has 0 atom stereocenters. The molecule has 1 aromatic rings. The molecule has 0 bridgehead atoms. The Labute approximate surface area is 142 Å². The van der Waals surface area contributed by atoms with Crippen LogP contribution in [0, 0.1) is 5.82 Å². The summed E-state index contributed by atoms with van der Waals surface area (Å²) in [7, 11) is -3.63. The van der Waals surface area contributed by atoms with E-state index in [1.807, 2.05) is 18.6 Å². The first kappa shape index (κ1) is 21.6. The van der Waals surface area contributed by atoms with Gasteiger partial charge in [0, 0.05) is 12.1 Å². The number of carbonyl (C=O) groups excluding carboxylic acids is 1. The van der Waals surface area contributed by atoms with Crippen LogP contribution in [0.5, 0.6) is 0 Å². The Balaban J connectivity index is 0.00000484. The normalized spacial score (nSPS) is 11.5. The average Bonchev–Trinajstić information content (AvgIpc) is 2.45. The molecule has 6 nitrogen and oxygen atoms in total. The molecule has 1 rings (SSSR count). The molecule has 0 fully saturated rings. The lowest BCUT2D eigenvalue weighted by atomic mass is 9.92. The van der Waals surface area contributed by atoms with Gasteiger partial charge in [-0.3, -0.25) is 9.52 Å². The zero-order chi connectivity index (χ0) is 17.0. The van der Waals surface area contributed by atoms with Crippen molar-refractivity contribution in [3.63, 3.8) is 0 Å². The number of halogens is 2. The molecule has 132 valence electrons. The fourth-order valence-corrected chi connectivity index (χ4v) is 2.58. The molecule has 0 aromatic heterocycles. The summed E-state index contributed by atoms with van der Waals surface area (Å²) in [6.07, 6.45) is 2.22. The molecular weight excluding hydrogens is 345 g/mol. The summed E-state index contributed by atoms with van der Waals surface area (Å²) >= 11 is 0. The van der Waals surface area contributed by atoms with Gasteiger partial charge in [-0.15, -0.1) is 12.4 Å².